The van der Waals surface area contributed by atoms with Crippen LogP contribution in [0.5, 0.6) is 0 Å². The predicted molar refractivity (Wildman–Crippen MR) is 106 cm³/mol. The highest BCUT2D eigenvalue weighted by molar-refractivity contribution is 6.30. The van der Waals surface area contributed by atoms with Gasteiger partial charge in [-0.2, -0.15) is 0 Å². The Morgan fingerprint density at radius 2 is 1.67 bits per heavy atom. The van der Waals surface area contributed by atoms with Gasteiger partial charge in [-0.05, 0) is 60.5 Å². The summed E-state index contributed by atoms with van der Waals surface area (Å²) >= 11 is 6.00. The average molecular weight is 383 g/mol. The Hall–Kier alpha value is -3.05. The van der Waals surface area contributed by atoms with Crippen molar-refractivity contribution in [2.45, 2.75) is 19.8 Å². The molecule has 0 spiro atoms. The summed E-state index contributed by atoms with van der Waals surface area (Å²) in [5.41, 5.74) is 4.42. The number of rotatable bonds is 6. The van der Waals surface area contributed by atoms with E-state index in [0.717, 1.165) is 22.6 Å². The van der Waals surface area contributed by atoms with Crippen molar-refractivity contribution >= 4 is 29.2 Å². The molecule has 0 aliphatic rings. The molecule has 2 N–H and O–H groups in total. The molecule has 3 aromatic rings. The smallest absolute Gasteiger partial charge is 0.303 e. The molecule has 3 rings (SSSR count). The van der Waals surface area contributed by atoms with Crippen molar-refractivity contribution in [3.05, 3.63) is 71.4 Å². The highest BCUT2D eigenvalue weighted by Gasteiger charge is 2.13. The van der Waals surface area contributed by atoms with Crippen LogP contribution < -0.4 is 5.32 Å². The fourth-order valence-corrected chi connectivity index (χ4v) is 3.08. The molecule has 2 aromatic carbocycles. The quantitative estimate of drug-likeness (QED) is 0.644. The zero-order valence-electron chi connectivity index (χ0n) is 14.8. The number of carbonyl (C=O) groups excluding carboxylic acids is 1. The lowest BCUT2D eigenvalue weighted by molar-refractivity contribution is -0.137. The number of amides is 1. The van der Waals surface area contributed by atoms with Gasteiger partial charge in [-0.1, -0.05) is 23.7 Å². The van der Waals surface area contributed by atoms with Gasteiger partial charge in [0.25, 0.3) is 0 Å². The van der Waals surface area contributed by atoms with Crippen LogP contribution in [0.1, 0.15) is 19.0 Å². The van der Waals surface area contributed by atoms with Gasteiger partial charge in [-0.3, -0.25) is 9.59 Å². The molecule has 27 heavy (non-hydrogen) atoms. The van der Waals surface area contributed by atoms with Gasteiger partial charge in [-0.25, -0.2) is 0 Å². The lowest BCUT2D eigenvalue weighted by atomic mass is 10.1. The fourth-order valence-electron chi connectivity index (χ4n) is 2.96. The fraction of sp³-hybridized carbons (Fsp3) is 0.143. The summed E-state index contributed by atoms with van der Waals surface area (Å²) < 4.78 is 2.03. The highest BCUT2D eigenvalue weighted by atomic mass is 35.5. The van der Waals surface area contributed by atoms with E-state index >= 15 is 0 Å². The number of aliphatic carboxylic acids is 1. The Balaban J connectivity index is 2.04. The van der Waals surface area contributed by atoms with Crippen LogP contribution >= 0.6 is 11.6 Å². The van der Waals surface area contributed by atoms with Crippen molar-refractivity contribution in [2.24, 2.45) is 0 Å². The van der Waals surface area contributed by atoms with E-state index in [0.29, 0.717) is 17.1 Å². The molecule has 138 valence electrons. The topological polar surface area (TPSA) is 71.3 Å². The van der Waals surface area contributed by atoms with Crippen molar-refractivity contribution in [3.63, 3.8) is 0 Å². The number of anilines is 1. The first-order valence-corrected chi connectivity index (χ1v) is 8.88. The van der Waals surface area contributed by atoms with Gasteiger partial charge in [0.1, 0.15) is 0 Å². The van der Waals surface area contributed by atoms with E-state index in [9.17, 15) is 9.59 Å². The number of carboxylic acid groups (broad SMARTS) is 1. The first-order chi connectivity index (χ1) is 12.9. The van der Waals surface area contributed by atoms with Crippen LogP contribution in [0.2, 0.25) is 5.02 Å². The van der Waals surface area contributed by atoms with E-state index in [4.69, 9.17) is 16.7 Å². The lowest BCUT2D eigenvalue weighted by Crippen LogP contribution is -2.07. The minimum Gasteiger partial charge on any atom is -0.481 e. The normalized spacial score (nSPS) is 10.6. The third kappa shape index (κ3) is 4.57. The number of nitrogens with one attached hydrogen (secondary N) is 1. The molecule has 1 aromatic heterocycles. The third-order valence-corrected chi connectivity index (χ3v) is 4.39. The second kappa shape index (κ2) is 8.10. The van der Waals surface area contributed by atoms with E-state index in [2.05, 4.69) is 5.32 Å². The van der Waals surface area contributed by atoms with E-state index in [1.165, 1.54) is 6.92 Å². The van der Waals surface area contributed by atoms with Gasteiger partial charge in [-0.15, -0.1) is 0 Å². The number of hydrogen-bond acceptors (Lipinski definition) is 2. The molecule has 6 heteroatoms. The molecule has 0 saturated heterocycles. The second-order valence-electron chi connectivity index (χ2n) is 6.17. The first-order valence-electron chi connectivity index (χ1n) is 8.50. The van der Waals surface area contributed by atoms with E-state index in [-0.39, 0.29) is 12.3 Å². The zero-order chi connectivity index (χ0) is 19.4. The third-order valence-electron chi connectivity index (χ3n) is 4.14. The molecule has 0 fully saturated rings. The predicted octanol–water partition coefficient (Wildman–Crippen LogP) is 4.77. The maximum atomic E-state index is 11.2. The van der Waals surface area contributed by atoms with E-state index in [1.807, 2.05) is 65.2 Å². The number of benzene rings is 2. The summed E-state index contributed by atoms with van der Waals surface area (Å²) in [4.78, 5) is 22.2. The monoisotopic (exact) mass is 382 g/mol. The number of aryl methyl sites for hydroxylation is 1. The SMILES string of the molecule is CC(=O)Nc1ccc(-n2c(CCC(=O)O)ccc2-c2ccc(Cl)cc2)cc1. The van der Waals surface area contributed by atoms with E-state index in [1.54, 1.807) is 0 Å². The van der Waals surface area contributed by atoms with Gasteiger partial charge >= 0.3 is 5.97 Å². The Kier molecular flexibility index (Phi) is 5.62. The molecule has 0 unspecified atom stereocenters. The summed E-state index contributed by atoms with van der Waals surface area (Å²) in [5, 5.41) is 12.4. The van der Waals surface area contributed by atoms with Gasteiger partial charge in [0.05, 0.1) is 12.1 Å². The largest absolute Gasteiger partial charge is 0.481 e. The maximum absolute atomic E-state index is 11.2. The lowest BCUT2D eigenvalue weighted by Gasteiger charge is -2.15. The Morgan fingerprint density at radius 3 is 2.26 bits per heavy atom. The van der Waals surface area contributed by atoms with Gasteiger partial charge < -0.3 is 15.0 Å². The molecule has 1 heterocycles. The van der Waals surface area contributed by atoms with Gasteiger partial charge in [0.15, 0.2) is 0 Å². The van der Waals surface area contributed by atoms with Crippen molar-refractivity contribution in [2.75, 3.05) is 5.32 Å². The number of hydrogen-bond donors (Lipinski definition) is 2. The van der Waals surface area contributed by atoms with Crippen LogP contribution in [0, 0.1) is 0 Å². The summed E-state index contributed by atoms with van der Waals surface area (Å²) in [6.45, 7) is 1.46. The molecular formula is C21H19ClN2O3. The first kappa shape index (κ1) is 18.7. The Morgan fingerprint density at radius 1 is 1.00 bits per heavy atom. The molecule has 1 amide bonds. The van der Waals surface area contributed by atoms with Gasteiger partial charge in [0.2, 0.25) is 5.91 Å². The molecule has 0 atom stereocenters. The summed E-state index contributed by atoms with van der Waals surface area (Å²) in [6, 6.07) is 18.9. The van der Waals surface area contributed by atoms with Crippen LogP contribution in [0.4, 0.5) is 5.69 Å². The molecular weight excluding hydrogens is 364 g/mol. The zero-order valence-corrected chi connectivity index (χ0v) is 15.5. The Labute approximate surface area is 162 Å². The number of carbonyl (C=O) groups is 2. The molecule has 0 saturated carbocycles. The molecule has 0 aliphatic carbocycles. The van der Waals surface area contributed by atoms with Crippen LogP contribution in [-0.4, -0.2) is 21.6 Å². The van der Waals surface area contributed by atoms with Crippen LogP contribution in [-0.2, 0) is 16.0 Å². The van der Waals surface area contributed by atoms with Crippen molar-refractivity contribution in [1.82, 2.24) is 4.57 Å². The summed E-state index contributed by atoms with van der Waals surface area (Å²) in [6.07, 6.45) is 0.463. The number of nitrogens with zero attached hydrogens (tertiary/aromatic N) is 1. The van der Waals surface area contributed by atoms with Gasteiger partial charge in [0, 0.05) is 29.0 Å². The highest BCUT2D eigenvalue weighted by Crippen LogP contribution is 2.29. The summed E-state index contributed by atoms with van der Waals surface area (Å²) in [7, 11) is 0. The number of aromatic nitrogens is 1. The average Bonchev–Trinajstić information content (AvgIpc) is 3.04. The minimum absolute atomic E-state index is 0.0496. The minimum atomic E-state index is -0.836. The van der Waals surface area contributed by atoms with Crippen molar-refractivity contribution in [3.8, 4) is 16.9 Å². The molecule has 0 aliphatic heterocycles. The van der Waals surface area contributed by atoms with Crippen molar-refractivity contribution in [1.29, 1.82) is 0 Å². The van der Waals surface area contributed by atoms with E-state index < -0.39 is 5.97 Å². The molecule has 5 nitrogen and oxygen atoms in total. The molecule has 0 radical (unpaired) electrons. The second-order valence-corrected chi connectivity index (χ2v) is 6.61. The summed E-state index contributed by atoms with van der Waals surface area (Å²) in [5.74, 6) is -0.968. The van der Waals surface area contributed by atoms with Crippen LogP contribution in [0.25, 0.3) is 16.9 Å². The van der Waals surface area contributed by atoms with Crippen LogP contribution in [0.3, 0.4) is 0 Å². The number of carboxylic acids is 1. The molecule has 0 bridgehead atoms. The maximum Gasteiger partial charge on any atom is 0.303 e. The van der Waals surface area contributed by atoms with Crippen molar-refractivity contribution < 1.29 is 14.7 Å². The number of halogens is 1. The Bertz CT molecular complexity index is 960. The standard InChI is InChI=1S/C21H19ClN2O3/c1-14(25)23-17-6-8-18(9-7-17)24-19(11-13-21(26)27)10-12-20(24)15-2-4-16(22)5-3-15/h2-10,12H,11,13H2,1H3,(H,23,25)(H,26,27). The van der Waals surface area contributed by atoms with Crippen LogP contribution in [0.15, 0.2) is 60.7 Å².